The summed E-state index contributed by atoms with van der Waals surface area (Å²) in [6.07, 6.45) is 2.22. The average molecular weight is 454 g/mol. The number of alkyl halides is 2. The number of aromatic nitrogens is 2. The fourth-order valence-corrected chi connectivity index (χ4v) is 3.54. The maximum atomic E-state index is 12.5. The van der Waals surface area contributed by atoms with E-state index in [0.717, 1.165) is 0 Å². The van der Waals surface area contributed by atoms with E-state index < -0.39 is 6.61 Å². The van der Waals surface area contributed by atoms with Crippen molar-refractivity contribution in [3.8, 4) is 17.2 Å². The van der Waals surface area contributed by atoms with Crippen molar-refractivity contribution in [2.75, 3.05) is 6.61 Å². The fourth-order valence-electron chi connectivity index (χ4n) is 3.54. The number of aryl methyl sites for hydroxylation is 3. The molecule has 0 fully saturated rings. The van der Waals surface area contributed by atoms with Crippen molar-refractivity contribution < 1.29 is 23.1 Å². The quantitative estimate of drug-likeness (QED) is 0.558. The highest BCUT2D eigenvalue weighted by atomic mass is 19.3. The van der Waals surface area contributed by atoms with Crippen LogP contribution in [0.1, 0.15) is 28.2 Å². The molecule has 7 nitrogen and oxygen atoms in total. The molecule has 0 saturated heterocycles. The van der Waals surface area contributed by atoms with Gasteiger partial charge in [0.05, 0.1) is 18.8 Å². The second-order valence-corrected chi connectivity index (χ2v) is 7.76. The Morgan fingerprint density at radius 2 is 1.94 bits per heavy atom. The van der Waals surface area contributed by atoms with Gasteiger partial charge in [-0.2, -0.15) is 8.78 Å². The smallest absolute Gasteiger partial charge is 0.387 e. The van der Waals surface area contributed by atoms with E-state index in [9.17, 15) is 8.78 Å². The van der Waals surface area contributed by atoms with Crippen molar-refractivity contribution in [2.24, 2.45) is 4.99 Å². The molecule has 0 amide bonds. The van der Waals surface area contributed by atoms with Crippen molar-refractivity contribution >= 4 is 5.84 Å². The molecule has 33 heavy (non-hydrogen) atoms. The lowest BCUT2D eigenvalue weighted by atomic mass is 9.99. The van der Waals surface area contributed by atoms with Gasteiger partial charge in [-0.15, -0.1) is 0 Å². The van der Waals surface area contributed by atoms with Gasteiger partial charge in [0.25, 0.3) is 0 Å². The number of halogens is 2. The van der Waals surface area contributed by atoms with Gasteiger partial charge < -0.3 is 9.47 Å². The Morgan fingerprint density at radius 3 is 2.73 bits per heavy atom. The average Bonchev–Trinajstić information content (AvgIpc) is 2.77. The Bertz CT molecular complexity index is 1170. The molecular weight excluding hydrogens is 430 g/mol. The molecule has 1 aliphatic rings. The molecule has 1 N–H and O–H groups in total. The first-order chi connectivity index (χ1) is 15.9. The lowest BCUT2D eigenvalue weighted by Crippen LogP contribution is -2.37. The summed E-state index contributed by atoms with van der Waals surface area (Å²) in [5.74, 6) is 1.52. The molecule has 1 aliphatic heterocycles. The molecule has 2 aromatic carbocycles. The predicted molar refractivity (Wildman–Crippen MR) is 119 cm³/mol. The van der Waals surface area contributed by atoms with E-state index in [1.807, 2.05) is 0 Å². The third-order valence-electron chi connectivity index (χ3n) is 5.07. The molecule has 9 heteroatoms. The van der Waals surface area contributed by atoms with Gasteiger partial charge in [-0.05, 0) is 50.5 Å². The minimum atomic E-state index is -2.93. The van der Waals surface area contributed by atoms with Crippen LogP contribution < -0.4 is 15.0 Å². The van der Waals surface area contributed by atoms with Crippen molar-refractivity contribution in [3.63, 3.8) is 0 Å². The molecule has 1 aromatic heterocycles. The Hall–Kier alpha value is -3.59. The zero-order valence-corrected chi connectivity index (χ0v) is 18.5. The summed E-state index contributed by atoms with van der Waals surface area (Å²) in [5.41, 5.74) is 6.85. The maximum Gasteiger partial charge on any atom is 0.387 e. The van der Waals surface area contributed by atoms with Gasteiger partial charge in [-0.3, -0.25) is 9.83 Å². The molecule has 0 spiro atoms. The van der Waals surface area contributed by atoms with Crippen LogP contribution in [-0.2, 0) is 11.3 Å². The van der Waals surface area contributed by atoms with E-state index in [4.69, 9.17) is 14.6 Å². The Morgan fingerprint density at radius 1 is 1.12 bits per heavy atom. The van der Waals surface area contributed by atoms with Gasteiger partial charge >= 0.3 is 6.61 Å². The van der Waals surface area contributed by atoms with Crippen molar-refractivity contribution in [1.29, 1.82) is 0 Å². The van der Waals surface area contributed by atoms with Crippen LogP contribution in [0.25, 0.3) is 0 Å². The van der Waals surface area contributed by atoms with Crippen molar-refractivity contribution in [1.82, 2.24) is 15.4 Å². The van der Waals surface area contributed by atoms with Gasteiger partial charge in [-0.25, -0.2) is 15.4 Å². The first-order valence-electron chi connectivity index (χ1n) is 10.5. The molecule has 0 aliphatic carbocycles. The largest absolute Gasteiger partial charge is 0.453 e. The first-order valence-corrected chi connectivity index (χ1v) is 10.5. The number of nitrogens with zero attached hydrogens (tertiary/aromatic N) is 3. The minimum absolute atomic E-state index is 0.0120. The second kappa shape index (κ2) is 9.91. The fraction of sp³-hybridized carbons (Fsp3) is 0.292. The summed E-state index contributed by atoms with van der Waals surface area (Å²) in [6.45, 7) is 3.38. The van der Waals surface area contributed by atoms with Crippen LogP contribution in [0.3, 0.4) is 0 Å². The van der Waals surface area contributed by atoms with Crippen molar-refractivity contribution in [2.45, 2.75) is 39.8 Å². The highest BCUT2D eigenvalue weighted by molar-refractivity contribution is 5.99. The number of benzene rings is 2. The summed E-state index contributed by atoms with van der Waals surface area (Å²) >= 11 is 0. The normalized spacial score (nSPS) is 15.7. The van der Waals surface area contributed by atoms with Gasteiger partial charge in [0, 0.05) is 6.07 Å². The highest BCUT2D eigenvalue weighted by Crippen LogP contribution is 2.28. The van der Waals surface area contributed by atoms with E-state index in [-0.39, 0.29) is 11.8 Å². The zero-order chi connectivity index (χ0) is 23.4. The summed E-state index contributed by atoms with van der Waals surface area (Å²) in [4.78, 5) is 19.1. The van der Waals surface area contributed by atoms with Crippen molar-refractivity contribution in [3.05, 3.63) is 76.9 Å². The van der Waals surface area contributed by atoms with Crippen LogP contribution in [0.2, 0.25) is 0 Å². The molecule has 1 atom stereocenters. The minimum Gasteiger partial charge on any atom is -0.453 e. The molecule has 0 saturated carbocycles. The predicted octanol–water partition coefficient (Wildman–Crippen LogP) is 4.69. The SMILES string of the molecule is Cc1ccc(C[C@@H]2CONC(c3nc(C)ncc3Oc3cccc(OC(F)F)c3)=N2)c(C)c1. The number of nitrogens with one attached hydrogen (secondary N) is 1. The van der Waals surface area contributed by atoms with Gasteiger partial charge in [0.2, 0.25) is 0 Å². The van der Waals surface area contributed by atoms with E-state index in [2.05, 4.69) is 52.2 Å². The Kier molecular flexibility index (Phi) is 6.79. The third-order valence-corrected chi connectivity index (χ3v) is 5.07. The molecule has 2 heterocycles. The molecule has 172 valence electrons. The second-order valence-electron chi connectivity index (χ2n) is 7.76. The van der Waals surface area contributed by atoms with E-state index in [0.29, 0.717) is 41.9 Å². The number of rotatable bonds is 7. The summed E-state index contributed by atoms with van der Waals surface area (Å²) in [6, 6.07) is 12.2. The number of hydrogen-bond donors (Lipinski definition) is 1. The Balaban J connectivity index is 1.60. The topological polar surface area (TPSA) is 77.9 Å². The third kappa shape index (κ3) is 5.81. The summed E-state index contributed by atoms with van der Waals surface area (Å²) in [5, 5.41) is 0. The number of hydroxylamine groups is 1. The zero-order valence-electron chi connectivity index (χ0n) is 18.5. The molecule has 0 bridgehead atoms. The van der Waals surface area contributed by atoms with E-state index in [1.165, 1.54) is 35.0 Å². The number of aliphatic imine (C=N–C) groups is 1. The van der Waals surface area contributed by atoms with Crippen LogP contribution in [0.5, 0.6) is 17.2 Å². The lowest BCUT2D eigenvalue weighted by molar-refractivity contribution is -0.0499. The Labute approximate surface area is 190 Å². The van der Waals surface area contributed by atoms with Crippen LogP contribution >= 0.6 is 0 Å². The van der Waals surface area contributed by atoms with Crippen LogP contribution in [0.15, 0.2) is 53.7 Å². The van der Waals surface area contributed by atoms with E-state index in [1.54, 1.807) is 19.1 Å². The van der Waals surface area contributed by atoms with Crippen LogP contribution in [-0.4, -0.2) is 35.1 Å². The molecule has 0 unspecified atom stereocenters. The number of ether oxygens (including phenoxy) is 2. The van der Waals surface area contributed by atoms with Crippen LogP contribution in [0, 0.1) is 20.8 Å². The van der Waals surface area contributed by atoms with Gasteiger partial charge in [-0.1, -0.05) is 29.8 Å². The molecule has 4 rings (SSSR count). The number of amidine groups is 1. The summed E-state index contributed by atoms with van der Waals surface area (Å²) in [7, 11) is 0. The summed E-state index contributed by atoms with van der Waals surface area (Å²) < 4.78 is 35.4. The first kappa shape index (κ1) is 22.6. The van der Waals surface area contributed by atoms with Crippen LogP contribution in [0.4, 0.5) is 8.78 Å². The van der Waals surface area contributed by atoms with Gasteiger partial charge in [0.1, 0.15) is 17.3 Å². The lowest BCUT2D eigenvalue weighted by Gasteiger charge is -2.23. The molecule has 3 aromatic rings. The standard InChI is InChI=1S/C24H24F2N4O3/c1-14-7-8-17(15(2)9-14)10-18-13-31-30-23(29-18)22-21(12-27-16(3)28-22)32-19-5-4-6-20(11-19)33-24(25)26/h4-9,11-12,18,24H,10,13H2,1-3H3,(H,29,30)/t18-/m1/s1. The maximum absolute atomic E-state index is 12.5. The molecular formula is C24H24F2N4O3. The number of hydrogen-bond acceptors (Lipinski definition) is 7. The monoisotopic (exact) mass is 454 g/mol. The molecule has 0 radical (unpaired) electrons. The van der Waals surface area contributed by atoms with E-state index >= 15 is 0 Å². The highest BCUT2D eigenvalue weighted by Gasteiger charge is 2.22. The van der Waals surface area contributed by atoms with Gasteiger partial charge in [0.15, 0.2) is 17.3 Å².